The summed E-state index contributed by atoms with van der Waals surface area (Å²) in [6, 6.07) is 0. The molecule has 6 nitrogen and oxygen atoms in total. The highest BCUT2D eigenvalue weighted by Gasteiger charge is 2.07. The standard InChI is InChI=1S/C7H7IN6/c1-14-3-5(12-13-14)7-10-2-4(8)6(9)11-7/h2-3H,1H3,(H2,9,10,11). The van der Waals surface area contributed by atoms with Crippen molar-refractivity contribution in [2.75, 3.05) is 5.73 Å². The molecule has 2 aromatic rings. The number of aromatic nitrogens is 5. The van der Waals surface area contributed by atoms with Crippen molar-refractivity contribution in [3.8, 4) is 11.5 Å². The molecule has 0 aliphatic rings. The summed E-state index contributed by atoms with van der Waals surface area (Å²) in [6.45, 7) is 0. The Morgan fingerprint density at radius 1 is 1.50 bits per heavy atom. The molecule has 7 heteroatoms. The van der Waals surface area contributed by atoms with E-state index in [0.717, 1.165) is 3.57 Å². The van der Waals surface area contributed by atoms with Crippen molar-refractivity contribution >= 4 is 28.4 Å². The van der Waals surface area contributed by atoms with Crippen molar-refractivity contribution in [1.29, 1.82) is 0 Å². The Hall–Kier alpha value is -1.25. The van der Waals surface area contributed by atoms with Crippen LogP contribution in [0.15, 0.2) is 12.4 Å². The Kier molecular flexibility index (Phi) is 2.32. The number of aryl methyl sites for hydroxylation is 1. The topological polar surface area (TPSA) is 82.5 Å². The first-order chi connectivity index (χ1) is 6.66. The van der Waals surface area contributed by atoms with E-state index in [-0.39, 0.29) is 0 Å². The van der Waals surface area contributed by atoms with Gasteiger partial charge < -0.3 is 5.73 Å². The van der Waals surface area contributed by atoms with Gasteiger partial charge in [0.25, 0.3) is 0 Å². The zero-order valence-corrected chi connectivity index (χ0v) is 9.50. The fraction of sp³-hybridized carbons (Fsp3) is 0.143. The van der Waals surface area contributed by atoms with Crippen LogP contribution < -0.4 is 5.73 Å². The number of nitrogens with two attached hydrogens (primary N) is 1. The minimum Gasteiger partial charge on any atom is -0.383 e. The molecule has 0 saturated carbocycles. The third-order valence-corrected chi connectivity index (χ3v) is 2.43. The third-order valence-electron chi connectivity index (χ3n) is 1.60. The highest BCUT2D eigenvalue weighted by atomic mass is 127. The third kappa shape index (κ3) is 1.67. The Balaban J connectivity index is 2.47. The van der Waals surface area contributed by atoms with Crippen LogP contribution in [0.5, 0.6) is 0 Å². The maximum atomic E-state index is 5.65. The van der Waals surface area contributed by atoms with Gasteiger partial charge in [-0.2, -0.15) is 0 Å². The second kappa shape index (κ2) is 3.48. The number of anilines is 1. The van der Waals surface area contributed by atoms with E-state index >= 15 is 0 Å². The van der Waals surface area contributed by atoms with Crippen LogP contribution >= 0.6 is 22.6 Å². The summed E-state index contributed by atoms with van der Waals surface area (Å²) in [7, 11) is 1.78. The highest BCUT2D eigenvalue weighted by Crippen LogP contribution is 2.15. The number of hydrogen-bond donors (Lipinski definition) is 1. The van der Waals surface area contributed by atoms with E-state index in [9.17, 15) is 0 Å². The molecular weight excluding hydrogens is 295 g/mol. The number of nitrogen functional groups attached to an aromatic ring is 1. The van der Waals surface area contributed by atoms with Gasteiger partial charge in [-0.1, -0.05) is 5.21 Å². The number of nitrogens with zero attached hydrogens (tertiary/aromatic N) is 5. The summed E-state index contributed by atoms with van der Waals surface area (Å²) in [5.41, 5.74) is 6.27. The second-order valence-electron chi connectivity index (χ2n) is 2.70. The van der Waals surface area contributed by atoms with E-state index in [4.69, 9.17) is 5.73 Å². The Labute approximate surface area is 93.7 Å². The van der Waals surface area contributed by atoms with Gasteiger partial charge in [0.2, 0.25) is 0 Å². The lowest BCUT2D eigenvalue weighted by molar-refractivity contribution is 0.715. The lowest BCUT2D eigenvalue weighted by Gasteiger charge is -1.97. The van der Waals surface area contributed by atoms with Crippen molar-refractivity contribution in [3.05, 3.63) is 16.0 Å². The van der Waals surface area contributed by atoms with Gasteiger partial charge in [0.05, 0.1) is 9.77 Å². The first-order valence-electron chi connectivity index (χ1n) is 3.81. The zero-order chi connectivity index (χ0) is 10.1. The lowest BCUT2D eigenvalue weighted by atomic mass is 10.4. The van der Waals surface area contributed by atoms with Crippen LogP contribution in [-0.2, 0) is 7.05 Å². The van der Waals surface area contributed by atoms with Gasteiger partial charge in [-0.15, -0.1) is 5.10 Å². The molecule has 0 spiro atoms. The molecule has 0 atom stereocenters. The smallest absolute Gasteiger partial charge is 0.183 e. The normalized spacial score (nSPS) is 10.4. The predicted octanol–water partition coefficient (Wildman–Crippen LogP) is 0.459. The minimum atomic E-state index is 0.459. The van der Waals surface area contributed by atoms with Gasteiger partial charge in [-0.3, -0.25) is 4.68 Å². The van der Waals surface area contributed by atoms with Crippen molar-refractivity contribution in [2.45, 2.75) is 0 Å². The molecular formula is C7H7IN6. The molecule has 0 aliphatic carbocycles. The van der Waals surface area contributed by atoms with Gasteiger partial charge in [-0.05, 0) is 22.6 Å². The molecule has 14 heavy (non-hydrogen) atoms. The SMILES string of the molecule is Cn1cc(-c2ncc(I)c(N)n2)nn1. The van der Waals surface area contributed by atoms with Gasteiger partial charge in [0.15, 0.2) is 5.82 Å². The fourth-order valence-corrected chi connectivity index (χ4v) is 1.21. The fourth-order valence-electron chi connectivity index (χ4n) is 0.954. The number of rotatable bonds is 1. The summed E-state index contributed by atoms with van der Waals surface area (Å²) >= 11 is 2.07. The van der Waals surface area contributed by atoms with Crippen LogP contribution in [0.4, 0.5) is 5.82 Å². The minimum absolute atomic E-state index is 0.459. The van der Waals surface area contributed by atoms with Gasteiger partial charge >= 0.3 is 0 Å². The van der Waals surface area contributed by atoms with Crippen molar-refractivity contribution in [2.24, 2.45) is 7.05 Å². The number of halogens is 1. The Morgan fingerprint density at radius 2 is 2.29 bits per heavy atom. The van der Waals surface area contributed by atoms with Crippen molar-refractivity contribution in [1.82, 2.24) is 25.0 Å². The van der Waals surface area contributed by atoms with Gasteiger partial charge in [0, 0.05) is 13.2 Å². The van der Waals surface area contributed by atoms with E-state index in [0.29, 0.717) is 17.3 Å². The van der Waals surface area contributed by atoms with E-state index in [2.05, 4.69) is 42.9 Å². The molecule has 0 aromatic carbocycles. The number of hydrogen-bond acceptors (Lipinski definition) is 5. The molecule has 0 amide bonds. The van der Waals surface area contributed by atoms with Crippen LogP contribution in [0.2, 0.25) is 0 Å². The lowest BCUT2D eigenvalue weighted by Crippen LogP contribution is -1.98. The molecule has 2 heterocycles. The van der Waals surface area contributed by atoms with Crippen LogP contribution in [-0.4, -0.2) is 25.0 Å². The maximum absolute atomic E-state index is 5.65. The summed E-state index contributed by atoms with van der Waals surface area (Å²) in [6.07, 6.45) is 3.40. The Morgan fingerprint density at radius 3 is 2.86 bits per heavy atom. The largest absolute Gasteiger partial charge is 0.383 e. The van der Waals surface area contributed by atoms with Crippen LogP contribution in [0, 0.1) is 3.57 Å². The molecule has 0 fully saturated rings. The summed E-state index contributed by atoms with van der Waals surface area (Å²) in [5, 5.41) is 7.68. The van der Waals surface area contributed by atoms with Crippen LogP contribution in [0.25, 0.3) is 11.5 Å². The summed E-state index contributed by atoms with van der Waals surface area (Å²) in [5.74, 6) is 0.956. The molecule has 0 radical (unpaired) electrons. The first-order valence-corrected chi connectivity index (χ1v) is 4.89. The van der Waals surface area contributed by atoms with Crippen LogP contribution in [0.3, 0.4) is 0 Å². The predicted molar refractivity (Wildman–Crippen MR) is 59.2 cm³/mol. The monoisotopic (exact) mass is 302 g/mol. The quantitative estimate of drug-likeness (QED) is 0.774. The van der Waals surface area contributed by atoms with Crippen molar-refractivity contribution in [3.63, 3.8) is 0 Å². The maximum Gasteiger partial charge on any atom is 0.183 e. The molecule has 0 aliphatic heterocycles. The average molecular weight is 302 g/mol. The Bertz CT molecular complexity index is 465. The highest BCUT2D eigenvalue weighted by molar-refractivity contribution is 14.1. The molecule has 2 rings (SSSR count). The molecule has 72 valence electrons. The molecule has 2 aromatic heterocycles. The van der Waals surface area contributed by atoms with Gasteiger partial charge in [-0.25, -0.2) is 9.97 Å². The first kappa shape index (κ1) is 9.31. The average Bonchev–Trinajstić information content (AvgIpc) is 2.57. The van der Waals surface area contributed by atoms with Gasteiger partial charge in [0.1, 0.15) is 11.5 Å². The van der Waals surface area contributed by atoms with E-state index < -0.39 is 0 Å². The van der Waals surface area contributed by atoms with Crippen molar-refractivity contribution < 1.29 is 0 Å². The van der Waals surface area contributed by atoms with Crippen LogP contribution in [0.1, 0.15) is 0 Å². The molecule has 0 unspecified atom stereocenters. The van der Waals surface area contributed by atoms with E-state index in [1.807, 2.05) is 0 Å². The second-order valence-corrected chi connectivity index (χ2v) is 3.87. The summed E-state index contributed by atoms with van der Waals surface area (Å²) in [4.78, 5) is 8.21. The summed E-state index contributed by atoms with van der Waals surface area (Å²) < 4.78 is 2.42. The van der Waals surface area contributed by atoms with E-state index in [1.54, 1.807) is 24.1 Å². The molecule has 0 saturated heterocycles. The molecule has 0 bridgehead atoms. The zero-order valence-electron chi connectivity index (χ0n) is 7.35. The van der Waals surface area contributed by atoms with E-state index in [1.165, 1.54) is 0 Å². The molecule has 2 N–H and O–H groups in total.